The second-order valence-electron chi connectivity index (χ2n) is 7.84. The van der Waals surface area contributed by atoms with Crippen LogP contribution in [-0.2, 0) is 9.59 Å². The van der Waals surface area contributed by atoms with Crippen LogP contribution < -0.4 is 15.4 Å². The van der Waals surface area contributed by atoms with Crippen molar-refractivity contribution in [3.05, 3.63) is 76.8 Å². The predicted molar refractivity (Wildman–Crippen MR) is 127 cm³/mol. The molecule has 0 bridgehead atoms. The Morgan fingerprint density at radius 1 is 1.14 bits per heavy atom. The minimum atomic E-state index is -1.23. The number of nitrogens with zero attached hydrogens (tertiary/aromatic N) is 2. The van der Waals surface area contributed by atoms with Gasteiger partial charge in [0.05, 0.1) is 7.11 Å². The molecular weight excluding hydrogens is 472 g/mol. The van der Waals surface area contributed by atoms with Gasteiger partial charge < -0.3 is 20.5 Å². The molecular formula is C24H22N4O6S. The highest BCUT2D eigenvalue weighted by molar-refractivity contribution is 7.14. The van der Waals surface area contributed by atoms with Gasteiger partial charge in [0, 0.05) is 11.3 Å². The average Bonchev–Trinajstić information content (AvgIpc) is 3.45. The van der Waals surface area contributed by atoms with E-state index in [0.29, 0.717) is 11.3 Å². The molecule has 1 aliphatic heterocycles. The lowest BCUT2D eigenvalue weighted by Crippen LogP contribution is -2.50. The van der Waals surface area contributed by atoms with Crippen LogP contribution in [-0.4, -0.2) is 52.0 Å². The third kappa shape index (κ3) is 4.85. The standard InChI is InChI=1S/C24H22N4O6S/c1-13(14-6-4-3-5-7-14)19(20(29)27-23-25-17(12-35-23)22(31)32)28-21(30)18(26-24(28)33)15-8-10-16(34-2)11-9-15/h3-13,18-19H,1-2H3,(H,26,33)(H,31,32)(H,25,27,29)/t13-,18+,19-/m0/s1. The molecule has 2 aromatic carbocycles. The minimum Gasteiger partial charge on any atom is -0.497 e. The van der Waals surface area contributed by atoms with E-state index in [1.165, 1.54) is 12.5 Å². The van der Waals surface area contributed by atoms with Crippen LogP contribution in [0.1, 0.15) is 40.5 Å². The summed E-state index contributed by atoms with van der Waals surface area (Å²) in [5, 5.41) is 15.7. The maximum Gasteiger partial charge on any atom is 0.355 e. The number of aromatic carboxylic acids is 1. The highest BCUT2D eigenvalue weighted by atomic mass is 32.1. The van der Waals surface area contributed by atoms with Crippen LogP contribution in [0.4, 0.5) is 9.93 Å². The summed E-state index contributed by atoms with van der Waals surface area (Å²) in [6, 6.07) is 12.8. The number of rotatable bonds is 8. The number of ether oxygens (including phenoxy) is 1. The fraction of sp³-hybridized carbons (Fsp3) is 0.208. The predicted octanol–water partition coefficient (Wildman–Crippen LogP) is 3.25. The van der Waals surface area contributed by atoms with Crippen molar-refractivity contribution in [2.45, 2.75) is 24.9 Å². The summed E-state index contributed by atoms with van der Waals surface area (Å²) in [7, 11) is 1.52. The average molecular weight is 495 g/mol. The molecule has 0 unspecified atom stereocenters. The SMILES string of the molecule is COc1ccc([C@H]2NC(=O)N([C@H](C(=O)Nc3nc(C(=O)O)cs3)[C@@H](C)c3ccccc3)C2=O)cc1. The van der Waals surface area contributed by atoms with E-state index in [1.807, 2.05) is 6.07 Å². The van der Waals surface area contributed by atoms with Gasteiger partial charge in [0.1, 0.15) is 17.8 Å². The molecule has 11 heteroatoms. The van der Waals surface area contributed by atoms with Gasteiger partial charge in [-0.1, -0.05) is 49.4 Å². The van der Waals surface area contributed by atoms with Crippen molar-refractivity contribution in [2.75, 3.05) is 12.4 Å². The van der Waals surface area contributed by atoms with E-state index in [9.17, 15) is 19.2 Å². The van der Waals surface area contributed by atoms with Crippen LogP contribution in [0.3, 0.4) is 0 Å². The first-order valence-corrected chi connectivity index (χ1v) is 11.5. The van der Waals surface area contributed by atoms with E-state index < -0.39 is 41.8 Å². The Morgan fingerprint density at radius 3 is 2.43 bits per heavy atom. The van der Waals surface area contributed by atoms with Crippen molar-refractivity contribution in [1.82, 2.24) is 15.2 Å². The number of hydrogen-bond donors (Lipinski definition) is 3. The molecule has 0 aliphatic carbocycles. The Hall–Kier alpha value is -4.25. The van der Waals surface area contributed by atoms with Gasteiger partial charge in [0.15, 0.2) is 10.8 Å². The molecule has 0 radical (unpaired) electrons. The first-order chi connectivity index (χ1) is 16.8. The van der Waals surface area contributed by atoms with Crippen LogP contribution in [0, 0.1) is 0 Å². The summed E-state index contributed by atoms with van der Waals surface area (Å²) < 4.78 is 5.15. The van der Waals surface area contributed by atoms with Gasteiger partial charge in [0.2, 0.25) is 5.91 Å². The number of nitrogens with one attached hydrogen (secondary N) is 2. The number of thiazole rings is 1. The topological polar surface area (TPSA) is 138 Å². The molecule has 3 atom stereocenters. The van der Waals surface area contributed by atoms with Gasteiger partial charge in [-0.05, 0) is 23.3 Å². The number of imide groups is 1. The van der Waals surface area contributed by atoms with E-state index >= 15 is 0 Å². The smallest absolute Gasteiger partial charge is 0.355 e. The number of aromatic nitrogens is 1. The molecule has 2 heterocycles. The summed E-state index contributed by atoms with van der Waals surface area (Å²) in [5.41, 5.74) is 1.07. The summed E-state index contributed by atoms with van der Waals surface area (Å²) in [4.78, 5) is 55.8. The van der Waals surface area contributed by atoms with Gasteiger partial charge in [-0.25, -0.2) is 19.5 Å². The number of carbonyl (C=O) groups is 4. The van der Waals surface area contributed by atoms with E-state index in [0.717, 1.165) is 21.8 Å². The Kier molecular flexibility index (Phi) is 6.78. The molecule has 180 valence electrons. The zero-order chi connectivity index (χ0) is 25.1. The molecule has 3 aromatic rings. The molecule has 1 saturated heterocycles. The molecule has 4 amide bonds. The summed E-state index contributed by atoms with van der Waals surface area (Å²) in [5.74, 6) is -2.44. The third-order valence-electron chi connectivity index (χ3n) is 5.72. The van der Waals surface area contributed by atoms with Gasteiger partial charge >= 0.3 is 12.0 Å². The number of benzene rings is 2. The monoisotopic (exact) mass is 494 g/mol. The quantitative estimate of drug-likeness (QED) is 0.409. The maximum absolute atomic E-state index is 13.4. The van der Waals surface area contributed by atoms with Gasteiger partial charge in [-0.2, -0.15) is 0 Å². The van der Waals surface area contributed by atoms with Crippen LogP contribution in [0.25, 0.3) is 0 Å². The Balaban J connectivity index is 1.66. The number of anilines is 1. The van der Waals surface area contributed by atoms with Crippen molar-refractivity contribution in [2.24, 2.45) is 0 Å². The van der Waals surface area contributed by atoms with Gasteiger partial charge in [0.25, 0.3) is 5.91 Å². The Bertz CT molecular complexity index is 1260. The lowest BCUT2D eigenvalue weighted by molar-refractivity contribution is -0.134. The maximum atomic E-state index is 13.4. The number of carboxylic acids is 1. The second kappa shape index (κ2) is 9.94. The number of urea groups is 1. The normalized spacial score (nSPS) is 17.0. The van der Waals surface area contributed by atoms with E-state index in [1.54, 1.807) is 55.5 Å². The lowest BCUT2D eigenvalue weighted by atomic mass is 9.91. The molecule has 3 N–H and O–H groups in total. The van der Waals surface area contributed by atoms with Gasteiger partial charge in [-0.3, -0.25) is 9.59 Å². The molecule has 0 spiro atoms. The first-order valence-electron chi connectivity index (χ1n) is 10.6. The highest BCUT2D eigenvalue weighted by Crippen LogP contribution is 2.31. The fourth-order valence-corrected chi connectivity index (χ4v) is 4.58. The summed E-state index contributed by atoms with van der Waals surface area (Å²) in [6.07, 6.45) is 0. The molecule has 10 nitrogen and oxygen atoms in total. The van der Waals surface area contributed by atoms with Gasteiger partial charge in [-0.15, -0.1) is 11.3 Å². The Morgan fingerprint density at radius 2 is 1.83 bits per heavy atom. The summed E-state index contributed by atoms with van der Waals surface area (Å²) in [6.45, 7) is 1.74. The van der Waals surface area contributed by atoms with Crippen molar-refractivity contribution in [3.63, 3.8) is 0 Å². The molecule has 1 aliphatic rings. The number of hydrogen-bond acceptors (Lipinski definition) is 7. The number of carbonyl (C=O) groups excluding carboxylic acids is 3. The van der Waals surface area contributed by atoms with Crippen molar-refractivity contribution in [1.29, 1.82) is 0 Å². The van der Waals surface area contributed by atoms with Crippen LogP contribution in [0.5, 0.6) is 5.75 Å². The van der Waals surface area contributed by atoms with E-state index in [4.69, 9.17) is 9.84 Å². The van der Waals surface area contributed by atoms with Crippen molar-refractivity contribution in [3.8, 4) is 5.75 Å². The molecule has 1 aromatic heterocycles. The van der Waals surface area contributed by atoms with Crippen LogP contribution in [0.2, 0.25) is 0 Å². The van der Waals surface area contributed by atoms with Crippen molar-refractivity contribution < 1.29 is 29.0 Å². The lowest BCUT2D eigenvalue weighted by Gasteiger charge is -2.29. The fourth-order valence-electron chi connectivity index (χ4n) is 3.90. The zero-order valence-corrected chi connectivity index (χ0v) is 19.6. The first kappa shape index (κ1) is 23.9. The molecule has 1 fully saturated rings. The Labute approximate surface area is 204 Å². The van der Waals surface area contributed by atoms with Crippen LogP contribution >= 0.6 is 11.3 Å². The van der Waals surface area contributed by atoms with Crippen LogP contribution in [0.15, 0.2) is 60.0 Å². The summed E-state index contributed by atoms with van der Waals surface area (Å²) >= 11 is 0.936. The molecule has 35 heavy (non-hydrogen) atoms. The number of methoxy groups -OCH3 is 1. The van der Waals surface area contributed by atoms with Crippen molar-refractivity contribution >= 4 is 40.3 Å². The molecule has 4 rings (SSSR count). The second-order valence-corrected chi connectivity index (χ2v) is 8.70. The largest absolute Gasteiger partial charge is 0.497 e. The van der Waals surface area contributed by atoms with E-state index in [2.05, 4.69) is 15.6 Å². The number of amides is 4. The zero-order valence-electron chi connectivity index (χ0n) is 18.8. The third-order valence-corrected chi connectivity index (χ3v) is 6.48. The number of carboxylic acid groups (broad SMARTS) is 1. The van der Waals surface area contributed by atoms with E-state index in [-0.39, 0.29) is 10.8 Å². The highest BCUT2D eigenvalue weighted by Gasteiger charge is 2.47. The minimum absolute atomic E-state index is 0.0522. The molecule has 0 saturated carbocycles.